The number of aryl methyl sites for hydroxylation is 1. The van der Waals surface area contributed by atoms with Crippen LogP contribution in [0.5, 0.6) is 0 Å². The van der Waals surface area contributed by atoms with E-state index in [1.807, 2.05) is 36.6 Å². The number of nitrogens with one attached hydrogen (secondary N) is 1. The van der Waals surface area contributed by atoms with Crippen LogP contribution in [0.15, 0.2) is 49.1 Å². The molecule has 0 radical (unpaired) electrons. The number of nitrogens with zero attached hydrogens (tertiary/aromatic N) is 2. The molecule has 0 bridgehead atoms. The van der Waals surface area contributed by atoms with Crippen LogP contribution in [0.1, 0.15) is 34.2 Å². The van der Waals surface area contributed by atoms with Crippen molar-refractivity contribution in [2.75, 3.05) is 6.54 Å². The molecule has 0 unspecified atom stereocenters. The molecule has 1 fully saturated rings. The predicted octanol–water partition coefficient (Wildman–Crippen LogP) is 2.94. The molecule has 1 aliphatic heterocycles. The Morgan fingerprint density at radius 2 is 1.89 bits per heavy atom. The molecule has 140 valence electrons. The highest BCUT2D eigenvalue weighted by Crippen LogP contribution is 2.29. The van der Waals surface area contributed by atoms with Crippen LogP contribution in [0.25, 0.3) is 0 Å². The van der Waals surface area contributed by atoms with Crippen molar-refractivity contribution in [2.24, 2.45) is 0 Å². The fourth-order valence-electron chi connectivity index (χ4n) is 3.53. The first-order valence-corrected chi connectivity index (χ1v) is 8.80. The number of allylic oxidation sites excluding steroid dienone is 1. The minimum atomic E-state index is -1.17. The lowest BCUT2D eigenvalue weighted by molar-refractivity contribution is -0.130. The molecule has 1 atom stereocenters. The van der Waals surface area contributed by atoms with Gasteiger partial charge in [0.1, 0.15) is 5.54 Å². The van der Waals surface area contributed by atoms with E-state index in [1.54, 1.807) is 31.2 Å². The summed E-state index contributed by atoms with van der Waals surface area (Å²) in [5.41, 5.74) is 1.77. The molecule has 0 spiro atoms. The van der Waals surface area contributed by atoms with Gasteiger partial charge in [-0.2, -0.15) is 0 Å². The molecule has 2 aromatic rings. The number of ketones is 1. The van der Waals surface area contributed by atoms with Crippen molar-refractivity contribution >= 4 is 17.7 Å². The Balaban J connectivity index is 1.85. The molecule has 2 heterocycles. The molecule has 1 N–H and O–H groups in total. The van der Waals surface area contributed by atoms with Crippen molar-refractivity contribution in [1.82, 2.24) is 14.8 Å². The highest BCUT2D eigenvalue weighted by Gasteiger charge is 2.49. The Kier molecular flexibility index (Phi) is 4.74. The maximum absolute atomic E-state index is 12.9. The maximum atomic E-state index is 12.9. The van der Waals surface area contributed by atoms with Crippen molar-refractivity contribution in [3.8, 4) is 0 Å². The Bertz CT molecular complexity index is 930. The Morgan fingerprint density at radius 3 is 2.52 bits per heavy atom. The van der Waals surface area contributed by atoms with E-state index in [4.69, 9.17) is 0 Å². The minimum Gasteiger partial charge on any atom is -0.345 e. The second kappa shape index (κ2) is 6.87. The van der Waals surface area contributed by atoms with Crippen LogP contribution in [0, 0.1) is 13.8 Å². The topological polar surface area (TPSA) is 71.4 Å². The Labute approximate surface area is 158 Å². The Hall–Kier alpha value is -3.15. The molecule has 3 amide bonds. The maximum Gasteiger partial charge on any atom is 0.325 e. The van der Waals surface area contributed by atoms with Crippen molar-refractivity contribution in [2.45, 2.75) is 32.9 Å². The van der Waals surface area contributed by atoms with Gasteiger partial charge in [-0.25, -0.2) is 4.79 Å². The van der Waals surface area contributed by atoms with Gasteiger partial charge in [0.15, 0.2) is 5.78 Å². The summed E-state index contributed by atoms with van der Waals surface area (Å²) >= 11 is 0. The molecule has 0 saturated carbocycles. The van der Waals surface area contributed by atoms with E-state index in [1.165, 1.54) is 0 Å². The third-order valence-corrected chi connectivity index (χ3v) is 5.11. The number of benzene rings is 1. The number of Topliss-reactive ketones (excluding diaryl/α,β-unsaturated/α-hetero) is 1. The van der Waals surface area contributed by atoms with E-state index >= 15 is 0 Å². The van der Waals surface area contributed by atoms with Crippen LogP contribution >= 0.6 is 0 Å². The summed E-state index contributed by atoms with van der Waals surface area (Å²) in [5, 5.41) is 2.72. The van der Waals surface area contributed by atoms with E-state index in [9.17, 15) is 14.4 Å². The Morgan fingerprint density at radius 1 is 1.22 bits per heavy atom. The number of hydrogen-bond donors (Lipinski definition) is 1. The van der Waals surface area contributed by atoms with Crippen LogP contribution in [0.2, 0.25) is 0 Å². The molecule has 0 aliphatic carbocycles. The fourth-order valence-corrected chi connectivity index (χ4v) is 3.53. The summed E-state index contributed by atoms with van der Waals surface area (Å²) in [4.78, 5) is 39.2. The van der Waals surface area contributed by atoms with Gasteiger partial charge in [0, 0.05) is 23.5 Å². The smallest absolute Gasteiger partial charge is 0.325 e. The number of rotatable bonds is 6. The number of imide groups is 1. The molecule has 1 aromatic heterocycles. The molecule has 3 rings (SSSR count). The second-order valence-corrected chi connectivity index (χ2v) is 6.92. The second-order valence-electron chi connectivity index (χ2n) is 6.92. The van der Waals surface area contributed by atoms with Gasteiger partial charge in [0.25, 0.3) is 5.91 Å². The number of hydrogen-bond acceptors (Lipinski definition) is 3. The van der Waals surface area contributed by atoms with Gasteiger partial charge in [-0.1, -0.05) is 36.4 Å². The van der Waals surface area contributed by atoms with Gasteiger partial charge in [0.2, 0.25) is 0 Å². The zero-order chi connectivity index (χ0) is 19.8. The van der Waals surface area contributed by atoms with Gasteiger partial charge in [0.05, 0.1) is 6.54 Å². The van der Waals surface area contributed by atoms with Gasteiger partial charge in [-0.05, 0) is 32.4 Å². The summed E-state index contributed by atoms with van der Waals surface area (Å²) in [7, 11) is 0. The van der Waals surface area contributed by atoms with Crippen LogP contribution in [-0.2, 0) is 16.9 Å². The highest BCUT2D eigenvalue weighted by molar-refractivity contribution is 6.11. The summed E-state index contributed by atoms with van der Waals surface area (Å²) in [6, 6.07) is 10.3. The normalized spacial score (nSPS) is 19.3. The first-order valence-electron chi connectivity index (χ1n) is 8.80. The third-order valence-electron chi connectivity index (χ3n) is 5.11. The van der Waals surface area contributed by atoms with Crippen LogP contribution in [0.3, 0.4) is 0 Å². The number of carbonyl (C=O) groups excluding carboxylic acids is 3. The average molecular weight is 365 g/mol. The lowest BCUT2D eigenvalue weighted by Crippen LogP contribution is -2.41. The molecular formula is C21H23N3O3. The monoisotopic (exact) mass is 365 g/mol. The van der Waals surface area contributed by atoms with Gasteiger partial charge < -0.3 is 9.88 Å². The lowest BCUT2D eigenvalue weighted by atomic mass is 9.92. The highest BCUT2D eigenvalue weighted by atomic mass is 16.2. The summed E-state index contributed by atoms with van der Waals surface area (Å²) in [6.07, 6.45) is 1.76. The van der Waals surface area contributed by atoms with E-state index in [-0.39, 0.29) is 12.3 Å². The minimum absolute atomic E-state index is 0.265. The zero-order valence-corrected chi connectivity index (χ0v) is 15.8. The zero-order valence-electron chi connectivity index (χ0n) is 15.8. The third kappa shape index (κ3) is 3.07. The van der Waals surface area contributed by atoms with Crippen LogP contribution < -0.4 is 5.32 Å². The molecular weight excluding hydrogens is 342 g/mol. The molecule has 6 nitrogen and oxygen atoms in total. The number of amides is 3. The summed E-state index contributed by atoms with van der Waals surface area (Å²) < 4.78 is 1.97. The van der Waals surface area contributed by atoms with Crippen molar-refractivity contribution in [3.05, 3.63) is 71.6 Å². The molecule has 6 heteroatoms. The van der Waals surface area contributed by atoms with Crippen molar-refractivity contribution < 1.29 is 14.4 Å². The first-order chi connectivity index (χ1) is 12.8. The van der Waals surface area contributed by atoms with Crippen LogP contribution in [-0.4, -0.2) is 33.7 Å². The van der Waals surface area contributed by atoms with Crippen LogP contribution in [0.4, 0.5) is 4.79 Å². The van der Waals surface area contributed by atoms with E-state index < -0.39 is 17.5 Å². The SMILES string of the molecule is C=CCn1c(C)cc(C(=O)CN2C(=O)N[C@](C)(c3ccccc3)C2=O)c1C. The lowest BCUT2D eigenvalue weighted by Gasteiger charge is -2.22. The predicted molar refractivity (Wildman–Crippen MR) is 102 cm³/mol. The standard InChI is InChI=1S/C21H23N3O3/c1-5-11-23-14(2)12-17(15(23)3)18(25)13-24-19(26)21(4,22-20(24)27)16-9-7-6-8-10-16/h5-10,12H,1,11,13H2,2-4H3,(H,22,27)/t21-/m1/s1. The van der Waals surface area contributed by atoms with Crippen molar-refractivity contribution in [3.63, 3.8) is 0 Å². The number of aromatic nitrogens is 1. The van der Waals surface area contributed by atoms with Gasteiger partial charge in [-0.3, -0.25) is 14.5 Å². The average Bonchev–Trinajstić information content (AvgIpc) is 3.05. The quantitative estimate of drug-likeness (QED) is 0.486. The summed E-state index contributed by atoms with van der Waals surface area (Å²) in [6.45, 7) is 9.46. The molecule has 1 aliphatic rings. The molecule has 1 saturated heterocycles. The fraction of sp³-hybridized carbons (Fsp3) is 0.286. The molecule has 1 aromatic carbocycles. The van der Waals surface area contributed by atoms with Crippen molar-refractivity contribution in [1.29, 1.82) is 0 Å². The molecule has 27 heavy (non-hydrogen) atoms. The number of urea groups is 1. The van der Waals surface area contributed by atoms with Gasteiger partial charge >= 0.3 is 6.03 Å². The first kappa shape index (κ1) is 18.6. The van der Waals surface area contributed by atoms with E-state index in [2.05, 4.69) is 11.9 Å². The summed E-state index contributed by atoms with van der Waals surface area (Å²) in [5.74, 6) is -0.689. The largest absolute Gasteiger partial charge is 0.345 e. The van der Waals surface area contributed by atoms with Gasteiger partial charge in [-0.15, -0.1) is 6.58 Å². The number of carbonyl (C=O) groups is 3. The van der Waals surface area contributed by atoms with E-state index in [0.29, 0.717) is 17.7 Å². The van der Waals surface area contributed by atoms with E-state index in [0.717, 1.165) is 16.3 Å².